The summed E-state index contributed by atoms with van der Waals surface area (Å²) in [4.78, 5) is 10.8. The number of fused-ring (bicyclic) bond motifs is 1. The van der Waals surface area contributed by atoms with E-state index < -0.39 is 5.24 Å². The van der Waals surface area contributed by atoms with Crippen molar-refractivity contribution in [2.24, 2.45) is 0 Å². The molecule has 0 saturated heterocycles. The monoisotopic (exact) mass is 288 g/mol. The first-order valence-corrected chi connectivity index (χ1v) is 5.63. The molecule has 15 heavy (non-hydrogen) atoms. The number of halogens is 3. The minimum atomic E-state index is -0.516. The van der Waals surface area contributed by atoms with Crippen molar-refractivity contribution in [3.63, 3.8) is 0 Å². The van der Waals surface area contributed by atoms with Gasteiger partial charge >= 0.3 is 0 Å². The Morgan fingerprint density at radius 1 is 1.47 bits per heavy atom. The zero-order valence-corrected chi connectivity index (χ0v) is 10.0. The van der Waals surface area contributed by atoms with Gasteiger partial charge in [-0.15, -0.1) is 0 Å². The second-order valence-electron chi connectivity index (χ2n) is 3.39. The summed E-state index contributed by atoms with van der Waals surface area (Å²) in [6, 6.07) is 2.88. The van der Waals surface area contributed by atoms with Crippen LogP contribution in [0.15, 0.2) is 22.7 Å². The fourth-order valence-corrected chi connectivity index (χ4v) is 2.59. The van der Waals surface area contributed by atoms with E-state index in [1.54, 1.807) is 0 Å². The van der Waals surface area contributed by atoms with Crippen molar-refractivity contribution in [1.82, 2.24) is 0 Å². The van der Waals surface area contributed by atoms with E-state index in [1.165, 1.54) is 18.2 Å². The third-order valence-corrected chi connectivity index (χ3v) is 3.25. The maximum absolute atomic E-state index is 13.2. The minimum absolute atomic E-state index is 0.310. The molecule has 0 N–H and O–H groups in total. The number of hydrogen-bond acceptors (Lipinski definition) is 1. The van der Waals surface area contributed by atoms with Crippen LogP contribution in [0.4, 0.5) is 4.39 Å². The normalized spacial score (nSPS) is 16.9. The summed E-state index contributed by atoms with van der Waals surface area (Å²) >= 11 is 8.59. The third-order valence-electron chi connectivity index (χ3n) is 2.44. The molecule has 0 unspecified atom stereocenters. The van der Waals surface area contributed by atoms with E-state index >= 15 is 0 Å². The van der Waals surface area contributed by atoms with Crippen LogP contribution in [0.2, 0.25) is 0 Å². The van der Waals surface area contributed by atoms with Crippen LogP contribution in [0.5, 0.6) is 0 Å². The summed E-state index contributed by atoms with van der Waals surface area (Å²) in [5.41, 5.74) is 2.64. The Balaban J connectivity index is 2.55. The minimum Gasteiger partial charge on any atom is -0.276 e. The highest BCUT2D eigenvalue weighted by Crippen LogP contribution is 2.37. The molecule has 1 aliphatic rings. The quantitative estimate of drug-likeness (QED) is 0.569. The fourth-order valence-electron chi connectivity index (χ4n) is 1.83. The van der Waals surface area contributed by atoms with Crippen LogP contribution in [0, 0.1) is 5.82 Å². The van der Waals surface area contributed by atoms with Crippen LogP contribution in [0.25, 0.3) is 5.57 Å². The molecule has 0 atom stereocenters. The van der Waals surface area contributed by atoms with Crippen molar-refractivity contribution < 1.29 is 9.18 Å². The van der Waals surface area contributed by atoms with E-state index in [-0.39, 0.29) is 5.82 Å². The molecule has 0 radical (unpaired) electrons. The molecule has 4 heteroatoms. The molecule has 0 spiro atoms. The summed E-state index contributed by atoms with van der Waals surface area (Å²) in [6.07, 6.45) is 2.90. The van der Waals surface area contributed by atoms with Gasteiger partial charge in [-0.2, -0.15) is 0 Å². The number of hydrogen-bond donors (Lipinski definition) is 0. The van der Waals surface area contributed by atoms with E-state index in [0.29, 0.717) is 0 Å². The molecule has 0 heterocycles. The lowest BCUT2D eigenvalue weighted by molar-refractivity contribution is -0.107. The van der Waals surface area contributed by atoms with E-state index in [1.807, 2.05) is 0 Å². The Kier molecular flexibility index (Phi) is 2.94. The molecule has 1 aliphatic carbocycles. The molecule has 0 bridgehead atoms. The van der Waals surface area contributed by atoms with Crippen molar-refractivity contribution >= 4 is 38.3 Å². The summed E-state index contributed by atoms with van der Waals surface area (Å²) in [6.45, 7) is 0. The summed E-state index contributed by atoms with van der Waals surface area (Å²) in [5, 5.41) is -0.516. The van der Waals surface area contributed by atoms with Gasteiger partial charge in [-0.1, -0.05) is 15.9 Å². The average molecular weight is 290 g/mol. The predicted molar refractivity (Wildman–Crippen MR) is 61.3 cm³/mol. The largest absolute Gasteiger partial charge is 0.276 e. The lowest BCUT2D eigenvalue weighted by atomic mass is 10.1. The summed E-state index contributed by atoms with van der Waals surface area (Å²) < 4.78 is 13.9. The van der Waals surface area contributed by atoms with E-state index in [0.717, 1.165) is 34.0 Å². The van der Waals surface area contributed by atoms with Crippen LogP contribution >= 0.6 is 27.5 Å². The highest BCUT2D eigenvalue weighted by Gasteiger charge is 2.20. The Morgan fingerprint density at radius 2 is 2.20 bits per heavy atom. The standard InChI is InChI=1S/C11H7BrClFO/c12-10-5-7(14)4-9-6(3-11(13)15)1-2-8(9)10/h3-5H,1-2H2/b6-3-. The smallest absolute Gasteiger partial charge is 0.245 e. The van der Waals surface area contributed by atoms with Gasteiger partial charge in [0.2, 0.25) is 5.24 Å². The van der Waals surface area contributed by atoms with Gasteiger partial charge in [0.25, 0.3) is 0 Å². The topological polar surface area (TPSA) is 17.1 Å². The van der Waals surface area contributed by atoms with Gasteiger partial charge in [0, 0.05) is 10.5 Å². The number of allylic oxidation sites excluding steroid dienone is 2. The molecule has 0 aliphatic heterocycles. The second kappa shape index (κ2) is 4.06. The molecule has 0 aromatic heterocycles. The van der Waals surface area contributed by atoms with E-state index in [4.69, 9.17) is 11.6 Å². The molecule has 1 aromatic carbocycles. The van der Waals surface area contributed by atoms with Crippen LogP contribution in [-0.4, -0.2) is 5.24 Å². The molecule has 78 valence electrons. The molecular formula is C11H7BrClFO. The van der Waals surface area contributed by atoms with Gasteiger partial charge in [-0.25, -0.2) is 4.39 Å². The zero-order valence-electron chi connectivity index (χ0n) is 7.69. The Hall–Kier alpha value is -0.670. The third kappa shape index (κ3) is 2.13. The van der Waals surface area contributed by atoms with E-state index in [2.05, 4.69) is 15.9 Å². The van der Waals surface area contributed by atoms with Gasteiger partial charge < -0.3 is 0 Å². The highest BCUT2D eigenvalue weighted by atomic mass is 79.9. The lowest BCUT2D eigenvalue weighted by Crippen LogP contribution is -1.87. The number of rotatable bonds is 1. The molecule has 2 rings (SSSR count). The van der Waals surface area contributed by atoms with Crippen LogP contribution in [0.3, 0.4) is 0 Å². The van der Waals surface area contributed by atoms with Crippen molar-refractivity contribution in [2.45, 2.75) is 12.8 Å². The maximum atomic E-state index is 13.2. The average Bonchev–Trinajstić information content (AvgIpc) is 2.48. The van der Waals surface area contributed by atoms with Gasteiger partial charge in [-0.05, 0) is 53.3 Å². The molecule has 0 amide bonds. The van der Waals surface area contributed by atoms with E-state index in [9.17, 15) is 9.18 Å². The van der Waals surface area contributed by atoms with Crippen LogP contribution in [-0.2, 0) is 11.2 Å². The highest BCUT2D eigenvalue weighted by molar-refractivity contribution is 9.10. The van der Waals surface area contributed by atoms with Crippen molar-refractivity contribution in [3.05, 3.63) is 39.6 Å². The first kappa shape index (κ1) is 10.8. The summed E-state index contributed by atoms with van der Waals surface area (Å²) in [5.74, 6) is -0.310. The van der Waals surface area contributed by atoms with Gasteiger partial charge in [0.15, 0.2) is 0 Å². The first-order valence-electron chi connectivity index (χ1n) is 4.46. The SMILES string of the molecule is O=C(Cl)/C=C1/CCc2c(Br)cc(F)cc21. The van der Waals surface area contributed by atoms with Gasteiger partial charge in [-0.3, -0.25) is 4.79 Å². The Labute approximate surface area is 100 Å². The molecule has 1 nitrogen and oxygen atoms in total. The van der Waals surface area contributed by atoms with Gasteiger partial charge in [0.05, 0.1) is 0 Å². The zero-order chi connectivity index (χ0) is 11.0. The van der Waals surface area contributed by atoms with Crippen molar-refractivity contribution in [1.29, 1.82) is 0 Å². The molecular weight excluding hydrogens is 282 g/mol. The summed E-state index contributed by atoms with van der Waals surface area (Å²) in [7, 11) is 0. The number of carbonyl (C=O) groups excluding carboxylic acids is 1. The molecule has 0 saturated carbocycles. The number of carbonyl (C=O) groups is 1. The van der Waals surface area contributed by atoms with Crippen LogP contribution in [0.1, 0.15) is 17.5 Å². The second-order valence-corrected chi connectivity index (χ2v) is 4.61. The van der Waals surface area contributed by atoms with Gasteiger partial charge in [0.1, 0.15) is 5.82 Å². The molecule has 1 aromatic rings. The predicted octanol–water partition coefficient (Wildman–Crippen LogP) is 3.68. The Morgan fingerprint density at radius 3 is 2.87 bits per heavy atom. The van der Waals surface area contributed by atoms with Crippen LogP contribution < -0.4 is 0 Å². The Bertz CT molecular complexity index is 468. The lowest BCUT2D eigenvalue weighted by Gasteiger charge is -2.03. The molecule has 0 fully saturated rings. The number of benzene rings is 1. The maximum Gasteiger partial charge on any atom is 0.245 e. The first-order chi connectivity index (χ1) is 7.08. The van der Waals surface area contributed by atoms with Crippen molar-refractivity contribution in [3.8, 4) is 0 Å². The van der Waals surface area contributed by atoms with Crippen molar-refractivity contribution in [2.75, 3.05) is 0 Å². The fraction of sp³-hybridized carbons (Fsp3) is 0.182.